The second-order valence-corrected chi connectivity index (χ2v) is 3.16. The van der Waals surface area contributed by atoms with Gasteiger partial charge in [-0.3, -0.25) is 14.9 Å². The van der Waals surface area contributed by atoms with Crippen molar-refractivity contribution in [3.63, 3.8) is 0 Å². The van der Waals surface area contributed by atoms with Gasteiger partial charge in [0.1, 0.15) is 0 Å². The predicted molar refractivity (Wildman–Crippen MR) is 55.1 cm³/mol. The number of pyridine rings is 1. The summed E-state index contributed by atoms with van der Waals surface area (Å²) in [6, 6.07) is 5.22. The molecule has 2 rings (SSSR count). The summed E-state index contributed by atoms with van der Waals surface area (Å²) in [4.78, 5) is 15.2. The highest BCUT2D eigenvalue weighted by molar-refractivity contribution is 5.94. The van der Waals surface area contributed by atoms with Crippen molar-refractivity contribution >= 4 is 5.91 Å². The molecular weight excluding hydrogens is 192 g/mol. The summed E-state index contributed by atoms with van der Waals surface area (Å²) < 4.78 is 0. The third kappa shape index (κ3) is 1.71. The Bertz CT molecular complexity index is 490. The molecule has 2 heterocycles. The summed E-state index contributed by atoms with van der Waals surface area (Å²) in [5.41, 5.74) is 7.81. The Morgan fingerprint density at radius 1 is 1.40 bits per heavy atom. The van der Waals surface area contributed by atoms with Crippen LogP contribution in [0.1, 0.15) is 16.1 Å². The Balaban J connectivity index is 2.47. The number of primary amides is 1. The molecule has 0 bridgehead atoms. The second-order valence-electron chi connectivity index (χ2n) is 3.16. The van der Waals surface area contributed by atoms with Gasteiger partial charge in [-0.1, -0.05) is 0 Å². The summed E-state index contributed by atoms with van der Waals surface area (Å²) in [5.74, 6) is -0.462. The van der Waals surface area contributed by atoms with Crippen molar-refractivity contribution in [2.24, 2.45) is 5.73 Å². The van der Waals surface area contributed by atoms with Crippen LogP contribution in [0.15, 0.2) is 24.4 Å². The molecule has 5 heteroatoms. The fourth-order valence-electron chi connectivity index (χ4n) is 1.37. The number of aromatic nitrogens is 3. The molecule has 1 amide bonds. The smallest absolute Gasteiger partial charge is 0.250 e. The molecule has 0 aliphatic heterocycles. The largest absolute Gasteiger partial charge is 0.366 e. The zero-order chi connectivity index (χ0) is 10.8. The molecule has 0 unspecified atom stereocenters. The van der Waals surface area contributed by atoms with Crippen LogP contribution in [0.25, 0.3) is 11.4 Å². The van der Waals surface area contributed by atoms with E-state index in [0.717, 1.165) is 11.4 Å². The highest BCUT2D eigenvalue weighted by Crippen LogP contribution is 2.15. The predicted octanol–water partition coefficient (Wildman–Crippen LogP) is 0.879. The van der Waals surface area contributed by atoms with Gasteiger partial charge in [-0.15, -0.1) is 0 Å². The van der Waals surface area contributed by atoms with Crippen LogP contribution in [-0.2, 0) is 0 Å². The highest BCUT2D eigenvalue weighted by Gasteiger charge is 2.08. The van der Waals surface area contributed by atoms with Crippen molar-refractivity contribution in [2.45, 2.75) is 6.92 Å². The molecule has 3 N–H and O–H groups in total. The van der Waals surface area contributed by atoms with E-state index in [-0.39, 0.29) is 0 Å². The van der Waals surface area contributed by atoms with E-state index in [1.807, 2.05) is 6.07 Å². The lowest BCUT2D eigenvalue weighted by Crippen LogP contribution is -2.13. The van der Waals surface area contributed by atoms with E-state index in [0.29, 0.717) is 11.3 Å². The zero-order valence-electron chi connectivity index (χ0n) is 8.19. The molecule has 0 spiro atoms. The molecule has 5 nitrogen and oxygen atoms in total. The molecule has 0 saturated carbocycles. The molecule has 0 radical (unpaired) electrons. The topological polar surface area (TPSA) is 84.7 Å². The van der Waals surface area contributed by atoms with E-state index < -0.39 is 5.91 Å². The standard InChI is InChI=1S/C10H10N4O/c1-6-7(10(11)15)2-3-8(13-6)9-4-5-12-14-9/h2-5H,1H3,(H2,11,15)(H,12,14). The molecule has 0 saturated heterocycles. The van der Waals surface area contributed by atoms with Crippen LogP contribution in [-0.4, -0.2) is 21.1 Å². The van der Waals surface area contributed by atoms with Gasteiger partial charge in [0.15, 0.2) is 0 Å². The zero-order valence-corrected chi connectivity index (χ0v) is 8.19. The minimum absolute atomic E-state index is 0.443. The third-order valence-electron chi connectivity index (χ3n) is 2.13. The lowest BCUT2D eigenvalue weighted by Gasteiger charge is -2.02. The maximum atomic E-state index is 11.0. The molecule has 76 valence electrons. The number of nitrogens with two attached hydrogens (primary N) is 1. The Morgan fingerprint density at radius 2 is 2.20 bits per heavy atom. The molecule has 2 aromatic heterocycles. The first-order valence-electron chi connectivity index (χ1n) is 4.45. The van der Waals surface area contributed by atoms with E-state index >= 15 is 0 Å². The van der Waals surface area contributed by atoms with Crippen molar-refractivity contribution in [2.75, 3.05) is 0 Å². The molecule has 0 fully saturated rings. The number of H-pyrrole nitrogens is 1. The van der Waals surface area contributed by atoms with Crippen LogP contribution < -0.4 is 5.73 Å². The quantitative estimate of drug-likeness (QED) is 0.758. The van der Waals surface area contributed by atoms with E-state index in [9.17, 15) is 4.79 Å². The SMILES string of the molecule is Cc1nc(-c2ccn[nH]2)ccc1C(N)=O. The summed E-state index contributed by atoms with van der Waals surface area (Å²) in [5, 5.41) is 6.63. The first-order chi connectivity index (χ1) is 7.18. The fourth-order valence-corrected chi connectivity index (χ4v) is 1.37. The number of carbonyl (C=O) groups excluding carboxylic acids is 1. The Labute approximate surface area is 86.3 Å². The molecule has 2 aromatic rings. The van der Waals surface area contributed by atoms with Crippen LogP contribution in [0.5, 0.6) is 0 Å². The second kappa shape index (κ2) is 3.53. The van der Waals surface area contributed by atoms with E-state index in [1.54, 1.807) is 25.3 Å². The molecule has 0 aliphatic carbocycles. The summed E-state index contributed by atoms with van der Waals surface area (Å²) >= 11 is 0. The number of aryl methyl sites for hydroxylation is 1. The van der Waals surface area contributed by atoms with Gasteiger partial charge >= 0.3 is 0 Å². The van der Waals surface area contributed by atoms with Gasteiger partial charge in [-0.05, 0) is 25.1 Å². The summed E-state index contributed by atoms with van der Waals surface area (Å²) in [7, 11) is 0. The summed E-state index contributed by atoms with van der Waals surface area (Å²) in [6.07, 6.45) is 1.65. The Kier molecular flexibility index (Phi) is 2.21. The van der Waals surface area contributed by atoms with E-state index in [4.69, 9.17) is 5.73 Å². The molecule has 0 atom stereocenters. The first-order valence-corrected chi connectivity index (χ1v) is 4.45. The van der Waals surface area contributed by atoms with E-state index in [1.165, 1.54) is 0 Å². The molecule has 0 aliphatic rings. The van der Waals surface area contributed by atoms with Crippen molar-refractivity contribution in [1.82, 2.24) is 15.2 Å². The van der Waals surface area contributed by atoms with Crippen molar-refractivity contribution in [3.05, 3.63) is 35.7 Å². The van der Waals surface area contributed by atoms with E-state index in [2.05, 4.69) is 15.2 Å². The van der Waals surface area contributed by atoms with Crippen molar-refractivity contribution in [1.29, 1.82) is 0 Å². The molecular formula is C10H10N4O. The number of nitrogens with zero attached hydrogens (tertiary/aromatic N) is 2. The van der Waals surface area contributed by atoms with Gasteiger partial charge in [0.2, 0.25) is 0 Å². The number of rotatable bonds is 2. The van der Waals surface area contributed by atoms with Crippen LogP contribution >= 0.6 is 0 Å². The average molecular weight is 202 g/mol. The number of hydrogen-bond donors (Lipinski definition) is 2. The Morgan fingerprint density at radius 3 is 2.73 bits per heavy atom. The van der Waals surface area contributed by atoms with Gasteiger partial charge in [0.25, 0.3) is 5.91 Å². The number of aromatic amines is 1. The fraction of sp³-hybridized carbons (Fsp3) is 0.100. The normalized spacial score (nSPS) is 10.2. The molecule has 15 heavy (non-hydrogen) atoms. The minimum Gasteiger partial charge on any atom is -0.366 e. The van der Waals surface area contributed by atoms with Crippen LogP contribution in [0.2, 0.25) is 0 Å². The Hall–Kier alpha value is -2.17. The maximum Gasteiger partial charge on any atom is 0.250 e. The lowest BCUT2D eigenvalue weighted by molar-refractivity contribution is 0.0999. The maximum absolute atomic E-state index is 11.0. The van der Waals surface area contributed by atoms with Gasteiger partial charge in [-0.25, -0.2) is 0 Å². The average Bonchev–Trinajstić information content (AvgIpc) is 2.69. The number of hydrogen-bond acceptors (Lipinski definition) is 3. The van der Waals surface area contributed by atoms with Crippen LogP contribution in [0.3, 0.4) is 0 Å². The number of nitrogens with one attached hydrogen (secondary N) is 1. The van der Waals surface area contributed by atoms with Crippen LogP contribution in [0.4, 0.5) is 0 Å². The first kappa shape index (κ1) is 9.39. The van der Waals surface area contributed by atoms with Crippen molar-refractivity contribution < 1.29 is 4.79 Å². The van der Waals surface area contributed by atoms with Gasteiger partial charge < -0.3 is 5.73 Å². The number of amides is 1. The lowest BCUT2D eigenvalue weighted by atomic mass is 10.1. The monoisotopic (exact) mass is 202 g/mol. The number of carbonyl (C=O) groups is 1. The van der Waals surface area contributed by atoms with Gasteiger partial charge in [0.05, 0.1) is 22.6 Å². The van der Waals surface area contributed by atoms with Gasteiger partial charge in [-0.2, -0.15) is 5.10 Å². The van der Waals surface area contributed by atoms with Gasteiger partial charge in [0, 0.05) is 6.20 Å². The van der Waals surface area contributed by atoms with Crippen molar-refractivity contribution in [3.8, 4) is 11.4 Å². The highest BCUT2D eigenvalue weighted by atomic mass is 16.1. The molecule has 0 aromatic carbocycles. The third-order valence-corrected chi connectivity index (χ3v) is 2.13. The van der Waals surface area contributed by atoms with Crippen LogP contribution in [0, 0.1) is 6.92 Å². The summed E-state index contributed by atoms with van der Waals surface area (Å²) in [6.45, 7) is 1.75. The minimum atomic E-state index is -0.462.